The number of nitrogens with zero attached hydrogens (tertiary/aromatic N) is 1. The van der Waals surface area contributed by atoms with Gasteiger partial charge in [-0.3, -0.25) is 4.79 Å². The summed E-state index contributed by atoms with van der Waals surface area (Å²) in [5.74, 6) is -0.581. The third kappa shape index (κ3) is 3.55. The zero-order valence-corrected chi connectivity index (χ0v) is 10.1. The zero-order chi connectivity index (χ0) is 13.0. The van der Waals surface area contributed by atoms with Crippen molar-refractivity contribution in [2.75, 3.05) is 6.54 Å². The van der Waals surface area contributed by atoms with E-state index in [-0.39, 0.29) is 17.3 Å². The molecule has 0 radical (unpaired) electrons. The number of amides is 1. The van der Waals surface area contributed by atoms with E-state index in [0.717, 1.165) is 18.8 Å². The fourth-order valence-corrected chi connectivity index (χ4v) is 1.77. The van der Waals surface area contributed by atoms with E-state index in [9.17, 15) is 9.59 Å². The maximum atomic E-state index is 11.7. The van der Waals surface area contributed by atoms with Crippen molar-refractivity contribution < 1.29 is 14.7 Å². The highest BCUT2D eigenvalue weighted by Crippen LogP contribution is 2.33. The molecule has 0 saturated heterocycles. The summed E-state index contributed by atoms with van der Waals surface area (Å²) in [6.45, 7) is 0.619. The number of aromatic nitrogens is 1. The average molecular weight is 248 g/mol. The Morgan fingerprint density at radius 3 is 2.72 bits per heavy atom. The van der Waals surface area contributed by atoms with E-state index in [4.69, 9.17) is 5.11 Å². The molecule has 1 aliphatic rings. The molecule has 1 saturated carbocycles. The molecular weight excluding hydrogens is 232 g/mol. The van der Waals surface area contributed by atoms with Crippen LogP contribution in [0.5, 0.6) is 0 Å². The van der Waals surface area contributed by atoms with E-state index >= 15 is 0 Å². The van der Waals surface area contributed by atoms with Crippen molar-refractivity contribution >= 4 is 11.9 Å². The lowest BCUT2D eigenvalue weighted by molar-refractivity contribution is 0.0690. The van der Waals surface area contributed by atoms with Gasteiger partial charge >= 0.3 is 5.97 Å². The molecule has 1 aliphatic carbocycles. The maximum absolute atomic E-state index is 11.7. The first-order valence-electron chi connectivity index (χ1n) is 6.15. The van der Waals surface area contributed by atoms with Gasteiger partial charge in [0.05, 0.1) is 0 Å². The van der Waals surface area contributed by atoms with Crippen molar-refractivity contribution in [3.05, 3.63) is 29.6 Å². The van der Waals surface area contributed by atoms with Gasteiger partial charge in [0.2, 0.25) is 0 Å². The Morgan fingerprint density at radius 1 is 1.33 bits per heavy atom. The van der Waals surface area contributed by atoms with Gasteiger partial charge in [0, 0.05) is 6.54 Å². The predicted molar refractivity (Wildman–Crippen MR) is 65.5 cm³/mol. The Bertz CT molecular complexity index is 455. The predicted octanol–water partition coefficient (Wildman–Crippen LogP) is 1.70. The van der Waals surface area contributed by atoms with Gasteiger partial charge in [0.25, 0.3) is 5.91 Å². The van der Waals surface area contributed by atoms with E-state index in [1.807, 2.05) is 0 Å². The van der Waals surface area contributed by atoms with Crippen LogP contribution in [0.1, 0.15) is 46.7 Å². The molecule has 1 aromatic heterocycles. The summed E-state index contributed by atoms with van der Waals surface area (Å²) >= 11 is 0. The molecule has 0 spiro atoms. The van der Waals surface area contributed by atoms with Crippen LogP contribution in [-0.2, 0) is 0 Å². The first kappa shape index (κ1) is 12.5. The molecule has 0 aliphatic heterocycles. The minimum absolute atomic E-state index is 0.111. The topological polar surface area (TPSA) is 79.3 Å². The van der Waals surface area contributed by atoms with Crippen LogP contribution < -0.4 is 5.32 Å². The van der Waals surface area contributed by atoms with Gasteiger partial charge in [-0.2, -0.15) is 0 Å². The summed E-state index contributed by atoms with van der Waals surface area (Å²) in [5.41, 5.74) is 0.0435. The zero-order valence-electron chi connectivity index (χ0n) is 10.1. The number of carboxylic acids is 1. The van der Waals surface area contributed by atoms with Crippen LogP contribution in [0, 0.1) is 5.92 Å². The number of hydrogen-bond acceptors (Lipinski definition) is 3. The molecule has 1 amide bonds. The normalized spacial score (nSPS) is 14.2. The minimum atomic E-state index is -1.13. The SMILES string of the molecule is O=C(O)c1cccc(C(=O)NCCCC2CC2)n1. The van der Waals surface area contributed by atoms with Crippen LogP contribution in [0.15, 0.2) is 18.2 Å². The van der Waals surface area contributed by atoms with Gasteiger partial charge in [-0.15, -0.1) is 0 Å². The lowest BCUT2D eigenvalue weighted by Gasteiger charge is -2.04. The first-order valence-corrected chi connectivity index (χ1v) is 6.15. The Labute approximate surface area is 105 Å². The van der Waals surface area contributed by atoms with Crippen molar-refractivity contribution in [3.8, 4) is 0 Å². The number of carboxylic acid groups (broad SMARTS) is 1. The monoisotopic (exact) mass is 248 g/mol. The number of hydrogen-bond donors (Lipinski definition) is 2. The number of carbonyl (C=O) groups is 2. The maximum Gasteiger partial charge on any atom is 0.354 e. The van der Waals surface area contributed by atoms with Crippen LogP contribution in [0.4, 0.5) is 0 Å². The summed E-state index contributed by atoms with van der Waals surface area (Å²) in [5, 5.41) is 11.5. The summed E-state index contributed by atoms with van der Waals surface area (Å²) in [6, 6.07) is 4.41. The van der Waals surface area contributed by atoms with E-state index in [0.29, 0.717) is 6.54 Å². The molecule has 0 aromatic carbocycles. The number of pyridine rings is 1. The van der Waals surface area contributed by atoms with Crippen molar-refractivity contribution in [1.29, 1.82) is 0 Å². The van der Waals surface area contributed by atoms with Crippen LogP contribution in [0.2, 0.25) is 0 Å². The molecule has 5 nitrogen and oxygen atoms in total. The average Bonchev–Trinajstić information content (AvgIpc) is 3.18. The molecule has 0 atom stereocenters. The fourth-order valence-electron chi connectivity index (χ4n) is 1.77. The first-order chi connectivity index (χ1) is 8.66. The molecule has 5 heteroatoms. The van der Waals surface area contributed by atoms with Crippen molar-refractivity contribution in [2.45, 2.75) is 25.7 Å². The third-order valence-corrected chi connectivity index (χ3v) is 2.97. The molecule has 1 heterocycles. The Morgan fingerprint density at radius 2 is 2.06 bits per heavy atom. The second kappa shape index (κ2) is 5.62. The van der Waals surface area contributed by atoms with Gasteiger partial charge in [0.1, 0.15) is 11.4 Å². The number of nitrogens with one attached hydrogen (secondary N) is 1. The second-order valence-corrected chi connectivity index (χ2v) is 4.55. The lowest BCUT2D eigenvalue weighted by Crippen LogP contribution is -2.26. The van der Waals surface area contributed by atoms with Gasteiger partial charge in [-0.05, 0) is 30.9 Å². The third-order valence-electron chi connectivity index (χ3n) is 2.97. The van der Waals surface area contributed by atoms with E-state index < -0.39 is 5.97 Å². The highest BCUT2D eigenvalue weighted by atomic mass is 16.4. The van der Waals surface area contributed by atoms with E-state index in [1.165, 1.54) is 31.0 Å². The molecule has 1 fully saturated rings. The highest BCUT2D eigenvalue weighted by molar-refractivity contribution is 5.94. The molecule has 2 N–H and O–H groups in total. The molecule has 0 unspecified atom stereocenters. The summed E-state index contributed by atoms with van der Waals surface area (Å²) in [4.78, 5) is 26.2. The Hall–Kier alpha value is -1.91. The summed E-state index contributed by atoms with van der Waals surface area (Å²) in [7, 11) is 0. The van der Waals surface area contributed by atoms with Gasteiger partial charge in [0.15, 0.2) is 0 Å². The van der Waals surface area contributed by atoms with Gasteiger partial charge < -0.3 is 10.4 Å². The van der Waals surface area contributed by atoms with Crippen molar-refractivity contribution in [1.82, 2.24) is 10.3 Å². The Kier molecular flexibility index (Phi) is 3.92. The number of rotatable bonds is 6. The fraction of sp³-hybridized carbons (Fsp3) is 0.462. The molecule has 18 heavy (non-hydrogen) atoms. The van der Waals surface area contributed by atoms with Crippen molar-refractivity contribution in [2.24, 2.45) is 5.92 Å². The summed E-state index contributed by atoms with van der Waals surface area (Å²) < 4.78 is 0. The van der Waals surface area contributed by atoms with Crippen LogP contribution in [0.25, 0.3) is 0 Å². The molecule has 2 rings (SSSR count). The second-order valence-electron chi connectivity index (χ2n) is 4.55. The van der Waals surface area contributed by atoms with E-state index in [2.05, 4.69) is 10.3 Å². The van der Waals surface area contributed by atoms with Crippen LogP contribution in [0.3, 0.4) is 0 Å². The van der Waals surface area contributed by atoms with E-state index in [1.54, 1.807) is 0 Å². The summed E-state index contributed by atoms with van der Waals surface area (Å²) in [6.07, 6.45) is 4.75. The minimum Gasteiger partial charge on any atom is -0.477 e. The highest BCUT2D eigenvalue weighted by Gasteiger charge is 2.20. The largest absolute Gasteiger partial charge is 0.477 e. The van der Waals surface area contributed by atoms with Crippen LogP contribution in [-0.4, -0.2) is 28.5 Å². The van der Waals surface area contributed by atoms with Crippen molar-refractivity contribution in [3.63, 3.8) is 0 Å². The smallest absolute Gasteiger partial charge is 0.354 e. The molecule has 0 bridgehead atoms. The Balaban J connectivity index is 1.83. The quantitative estimate of drug-likeness (QED) is 0.751. The molecule has 1 aromatic rings. The molecule has 96 valence electrons. The van der Waals surface area contributed by atoms with Gasteiger partial charge in [-0.25, -0.2) is 9.78 Å². The number of aromatic carboxylic acids is 1. The lowest BCUT2D eigenvalue weighted by atomic mass is 10.2. The number of carbonyl (C=O) groups excluding carboxylic acids is 1. The van der Waals surface area contributed by atoms with Crippen LogP contribution >= 0.6 is 0 Å². The molecular formula is C13H16N2O3. The standard InChI is InChI=1S/C13H16N2O3/c16-12(14-8-2-3-9-6-7-9)10-4-1-5-11(15-10)13(17)18/h1,4-5,9H,2-3,6-8H2,(H,14,16)(H,17,18). The van der Waals surface area contributed by atoms with Gasteiger partial charge in [-0.1, -0.05) is 18.9 Å².